The van der Waals surface area contributed by atoms with Crippen LogP contribution in [0.4, 0.5) is 14.5 Å². The second kappa shape index (κ2) is 9.88. The van der Waals surface area contributed by atoms with Crippen molar-refractivity contribution in [2.45, 2.75) is 0 Å². The van der Waals surface area contributed by atoms with Crippen molar-refractivity contribution in [1.29, 1.82) is 0 Å². The molecular weight excluding hydrogens is 418 g/mol. The van der Waals surface area contributed by atoms with E-state index in [9.17, 15) is 13.6 Å². The second-order valence-electron chi connectivity index (χ2n) is 7.47. The van der Waals surface area contributed by atoms with E-state index >= 15 is 0 Å². The minimum Gasteiger partial charge on any atom is -0.492 e. The van der Waals surface area contributed by atoms with Crippen molar-refractivity contribution in [1.82, 2.24) is 14.7 Å². The first-order chi connectivity index (χ1) is 15.5. The van der Waals surface area contributed by atoms with Crippen LogP contribution in [0.15, 0.2) is 48.7 Å². The monoisotopic (exact) mass is 442 g/mol. The largest absolute Gasteiger partial charge is 0.492 e. The Kier molecular flexibility index (Phi) is 6.77. The highest BCUT2D eigenvalue weighted by atomic mass is 19.1. The standard InChI is InChI=1S/C23H24F2N4O3/c1-28-21(4-5-26-28)20-15-19(27-23(30)16-12-17(24)14-18(25)13-16)2-3-22(20)32-11-8-29-6-9-31-10-7-29/h2-5,12-15H,6-11H2,1H3,(H,27,30). The number of nitrogens with one attached hydrogen (secondary N) is 1. The number of ether oxygens (including phenoxy) is 2. The molecule has 0 saturated carbocycles. The van der Waals surface area contributed by atoms with Crippen LogP contribution in [0.25, 0.3) is 11.3 Å². The maximum absolute atomic E-state index is 13.5. The molecule has 9 heteroatoms. The van der Waals surface area contributed by atoms with E-state index < -0.39 is 17.5 Å². The van der Waals surface area contributed by atoms with E-state index in [0.29, 0.717) is 18.0 Å². The van der Waals surface area contributed by atoms with Gasteiger partial charge in [-0.2, -0.15) is 5.10 Å². The van der Waals surface area contributed by atoms with Crippen LogP contribution < -0.4 is 10.1 Å². The van der Waals surface area contributed by atoms with Crippen LogP contribution in [-0.4, -0.2) is 60.0 Å². The molecule has 3 aromatic rings. The lowest BCUT2D eigenvalue weighted by molar-refractivity contribution is 0.0323. The number of rotatable bonds is 7. The molecule has 1 N–H and O–H groups in total. The van der Waals surface area contributed by atoms with Crippen LogP contribution in [0.3, 0.4) is 0 Å². The Morgan fingerprint density at radius 2 is 1.88 bits per heavy atom. The van der Waals surface area contributed by atoms with E-state index in [1.165, 1.54) is 0 Å². The number of anilines is 1. The quantitative estimate of drug-likeness (QED) is 0.608. The highest BCUT2D eigenvalue weighted by Crippen LogP contribution is 2.32. The summed E-state index contributed by atoms with van der Waals surface area (Å²) in [5.74, 6) is -1.58. The van der Waals surface area contributed by atoms with Crippen molar-refractivity contribution in [2.75, 3.05) is 44.8 Å². The molecule has 2 heterocycles. The molecule has 32 heavy (non-hydrogen) atoms. The molecule has 168 valence electrons. The van der Waals surface area contributed by atoms with Gasteiger partial charge in [-0.3, -0.25) is 14.4 Å². The molecule has 0 atom stereocenters. The lowest BCUT2D eigenvalue weighted by Gasteiger charge is -2.26. The zero-order valence-electron chi connectivity index (χ0n) is 17.7. The number of hydrogen-bond acceptors (Lipinski definition) is 5. The van der Waals surface area contributed by atoms with Gasteiger partial charge in [0.1, 0.15) is 24.0 Å². The number of halogens is 2. The number of nitrogens with zero attached hydrogens (tertiary/aromatic N) is 3. The smallest absolute Gasteiger partial charge is 0.255 e. The molecule has 1 aromatic heterocycles. The SMILES string of the molecule is Cn1nccc1-c1cc(NC(=O)c2cc(F)cc(F)c2)ccc1OCCN1CCOCC1. The molecule has 2 aromatic carbocycles. The first-order valence-electron chi connectivity index (χ1n) is 10.3. The van der Waals surface area contributed by atoms with Gasteiger partial charge < -0.3 is 14.8 Å². The van der Waals surface area contributed by atoms with Crippen molar-refractivity contribution in [3.8, 4) is 17.0 Å². The van der Waals surface area contributed by atoms with Crippen molar-refractivity contribution in [3.05, 3.63) is 65.9 Å². The summed E-state index contributed by atoms with van der Waals surface area (Å²) in [5.41, 5.74) is 1.92. The Hall–Kier alpha value is -3.30. The summed E-state index contributed by atoms with van der Waals surface area (Å²) in [6, 6.07) is 9.76. The van der Waals surface area contributed by atoms with Gasteiger partial charge >= 0.3 is 0 Å². The molecule has 7 nitrogen and oxygen atoms in total. The maximum atomic E-state index is 13.5. The van der Waals surface area contributed by atoms with Crippen LogP contribution in [0, 0.1) is 11.6 Å². The molecule has 0 spiro atoms. The highest BCUT2D eigenvalue weighted by Gasteiger charge is 2.15. The molecule has 1 fully saturated rings. The first-order valence-corrected chi connectivity index (χ1v) is 10.3. The summed E-state index contributed by atoms with van der Waals surface area (Å²) in [4.78, 5) is 14.8. The maximum Gasteiger partial charge on any atom is 0.255 e. The molecule has 4 rings (SSSR count). The third-order valence-electron chi connectivity index (χ3n) is 5.23. The molecule has 1 aliphatic rings. The van der Waals surface area contributed by atoms with E-state index in [-0.39, 0.29) is 5.56 Å². The highest BCUT2D eigenvalue weighted by molar-refractivity contribution is 6.04. The number of amides is 1. The van der Waals surface area contributed by atoms with E-state index in [2.05, 4.69) is 15.3 Å². The van der Waals surface area contributed by atoms with Crippen LogP contribution in [0.1, 0.15) is 10.4 Å². The lowest BCUT2D eigenvalue weighted by atomic mass is 10.1. The summed E-state index contributed by atoms with van der Waals surface area (Å²) in [5, 5.41) is 6.90. The normalized spacial score (nSPS) is 14.3. The molecule has 1 aliphatic heterocycles. The van der Waals surface area contributed by atoms with E-state index in [0.717, 1.165) is 62.3 Å². The van der Waals surface area contributed by atoms with Gasteiger partial charge in [0.15, 0.2) is 0 Å². The number of carbonyl (C=O) groups excluding carboxylic acids is 1. The van der Waals surface area contributed by atoms with Gasteiger partial charge in [-0.1, -0.05) is 0 Å². The van der Waals surface area contributed by atoms with Gasteiger partial charge in [0.05, 0.1) is 18.9 Å². The Morgan fingerprint density at radius 1 is 1.12 bits per heavy atom. The number of benzene rings is 2. The lowest BCUT2D eigenvalue weighted by Crippen LogP contribution is -2.38. The first kappa shape index (κ1) is 21.9. The van der Waals surface area contributed by atoms with Crippen molar-refractivity contribution >= 4 is 11.6 Å². The summed E-state index contributed by atoms with van der Waals surface area (Å²) in [7, 11) is 1.81. The Labute approximate surface area is 184 Å². The summed E-state index contributed by atoms with van der Waals surface area (Å²) >= 11 is 0. The zero-order valence-corrected chi connectivity index (χ0v) is 17.7. The van der Waals surface area contributed by atoms with Gasteiger partial charge in [0, 0.05) is 55.8 Å². The van der Waals surface area contributed by atoms with Crippen LogP contribution in [-0.2, 0) is 11.8 Å². The number of aryl methyl sites for hydroxylation is 1. The van der Waals surface area contributed by atoms with Gasteiger partial charge in [-0.15, -0.1) is 0 Å². The van der Waals surface area contributed by atoms with Crippen LogP contribution in [0.2, 0.25) is 0 Å². The fourth-order valence-corrected chi connectivity index (χ4v) is 3.57. The molecule has 0 aliphatic carbocycles. The zero-order chi connectivity index (χ0) is 22.5. The summed E-state index contributed by atoms with van der Waals surface area (Å²) in [6.07, 6.45) is 1.67. The predicted molar refractivity (Wildman–Crippen MR) is 116 cm³/mol. The number of aromatic nitrogens is 2. The number of hydrogen-bond donors (Lipinski definition) is 1. The summed E-state index contributed by atoms with van der Waals surface area (Å²) in [6.45, 7) is 4.48. The fourth-order valence-electron chi connectivity index (χ4n) is 3.57. The Bertz CT molecular complexity index is 1080. The van der Waals surface area contributed by atoms with Crippen LogP contribution in [0.5, 0.6) is 5.75 Å². The number of morpholine rings is 1. The number of carbonyl (C=O) groups is 1. The van der Waals surface area contributed by atoms with E-state index in [1.54, 1.807) is 29.1 Å². The molecule has 0 bridgehead atoms. The van der Waals surface area contributed by atoms with Gasteiger partial charge in [0.25, 0.3) is 5.91 Å². The molecular formula is C23H24F2N4O3. The van der Waals surface area contributed by atoms with Crippen LogP contribution >= 0.6 is 0 Å². The fraction of sp³-hybridized carbons (Fsp3) is 0.304. The average Bonchev–Trinajstić information content (AvgIpc) is 3.20. The van der Waals surface area contributed by atoms with Crippen molar-refractivity contribution in [2.24, 2.45) is 7.05 Å². The average molecular weight is 442 g/mol. The predicted octanol–water partition coefficient (Wildman–Crippen LogP) is 3.33. The van der Waals surface area contributed by atoms with Crippen molar-refractivity contribution < 1.29 is 23.0 Å². The molecule has 0 radical (unpaired) electrons. The van der Waals surface area contributed by atoms with Gasteiger partial charge in [-0.25, -0.2) is 8.78 Å². The minimum absolute atomic E-state index is 0.101. The Morgan fingerprint density at radius 3 is 2.56 bits per heavy atom. The second-order valence-corrected chi connectivity index (χ2v) is 7.47. The van der Waals surface area contributed by atoms with E-state index in [1.807, 2.05) is 13.1 Å². The third-order valence-corrected chi connectivity index (χ3v) is 5.23. The van der Waals surface area contributed by atoms with E-state index in [4.69, 9.17) is 9.47 Å². The van der Waals surface area contributed by atoms with Gasteiger partial charge in [0.2, 0.25) is 0 Å². The minimum atomic E-state index is -0.810. The molecule has 1 amide bonds. The Balaban J connectivity index is 1.52. The van der Waals surface area contributed by atoms with Crippen molar-refractivity contribution in [3.63, 3.8) is 0 Å². The third kappa shape index (κ3) is 5.30. The summed E-state index contributed by atoms with van der Waals surface area (Å²) < 4.78 is 40.1. The molecule has 0 unspecified atom stereocenters. The topological polar surface area (TPSA) is 68.6 Å². The molecule has 1 saturated heterocycles. The van der Waals surface area contributed by atoms with Gasteiger partial charge in [-0.05, 0) is 36.4 Å².